The normalized spacial score (nSPS) is 10.5. The first-order valence-electron chi connectivity index (χ1n) is 3.34. The number of rotatable bonds is 0. The smallest absolute Gasteiger partial charge is 0.161 e. The van der Waals surface area contributed by atoms with Crippen molar-refractivity contribution in [2.75, 3.05) is 0 Å². The Kier molecular flexibility index (Phi) is 2.14. The van der Waals surface area contributed by atoms with Gasteiger partial charge in [0, 0.05) is 11.6 Å². The molecule has 2 nitrogen and oxygen atoms in total. The first-order chi connectivity index (χ1) is 5.77. The third kappa shape index (κ3) is 1.38. The molecule has 4 heteroatoms. The summed E-state index contributed by atoms with van der Waals surface area (Å²) >= 11 is 8.07. The molecule has 60 valence electrons. The monoisotopic (exact) mass is 290 g/mol. The summed E-state index contributed by atoms with van der Waals surface area (Å²) in [6.45, 7) is 0. The molecule has 2 aromatic heterocycles. The molecule has 2 aromatic rings. The lowest BCUT2D eigenvalue weighted by molar-refractivity contribution is 1.25. The van der Waals surface area contributed by atoms with E-state index in [9.17, 15) is 0 Å². The lowest BCUT2D eigenvalue weighted by atomic mass is 10.3. The molecule has 0 aliphatic heterocycles. The zero-order chi connectivity index (χ0) is 8.55. The van der Waals surface area contributed by atoms with E-state index < -0.39 is 0 Å². The molecule has 0 N–H and O–H groups in total. The maximum absolute atomic E-state index is 5.93. The topological polar surface area (TPSA) is 25.8 Å². The van der Waals surface area contributed by atoms with Gasteiger partial charge in [-0.2, -0.15) is 0 Å². The molecule has 2 rings (SSSR count). The van der Waals surface area contributed by atoms with E-state index in [1.165, 1.54) is 0 Å². The first-order valence-corrected chi connectivity index (χ1v) is 4.80. The van der Waals surface area contributed by atoms with Gasteiger partial charge in [0.15, 0.2) is 5.65 Å². The Labute approximate surface area is 88.1 Å². The Morgan fingerprint density at radius 3 is 2.92 bits per heavy atom. The summed E-state index contributed by atoms with van der Waals surface area (Å²) in [6, 6.07) is 5.61. The first kappa shape index (κ1) is 8.19. The van der Waals surface area contributed by atoms with Gasteiger partial charge in [0.2, 0.25) is 0 Å². The van der Waals surface area contributed by atoms with Crippen LogP contribution in [0, 0.1) is 3.70 Å². The van der Waals surface area contributed by atoms with Crippen LogP contribution in [0.2, 0.25) is 5.02 Å². The minimum Gasteiger partial charge on any atom is -0.237 e. The fourth-order valence-corrected chi connectivity index (χ4v) is 1.59. The molecule has 2 heterocycles. The van der Waals surface area contributed by atoms with E-state index in [1.807, 2.05) is 12.1 Å². The van der Waals surface area contributed by atoms with Crippen LogP contribution < -0.4 is 0 Å². The molecule has 0 amide bonds. The van der Waals surface area contributed by atoms with Gasteiger partial charge in [-0.15, -0.1) is 0 Å². The highest BCUT2D eigenvalue weighted by molar-refractivity contribution is 14.1. The van der Waals surface area contributed by atoms with Crippen molar-refractivity contribution in [3.05, 3.63) is 33.1 Å². The zero-order valence-electron chi connectivity index (χ0n) is 5.96. The Hall–Kier alpha value is -0.420. The van der Waals surface area contributed by atoms with Crippen LogP contribution >= 0.6 is 34.2 Å². The summed E-state index contributed by atoms with van der Waals surface area (Å²) in [7, 11) is 0. The van der Waals surface area contributed by atoms with Crippen LogP contribution in [0.25, 0.3) is 11.0 Å². The van der Waals surface area contributed by atoms with Crippen molar-refractivity contribution in [1.82, 2.24) is 9.97 Å². The van der Waals surface area contributed by atoms with Crippen molar-refractivity contribution in [2.24, 2.45) is 0 Å². The van der Waals surface area contributed by atoms with Crippen LogP contribution in [-0.4, -0.2) is 9.97 Å². The molecule has 0 aliphatic rings. The molecular formula is C8H4ClIN2. The number of hydrogen-bond acceptors (Lipinski definition) is 2. The predicted octanol–water partition coefficient (Wildman–Crippen LogP) is 2.89. The summed E-state index contributed by atoms with van der Waals surface area (Å²) < 4.78 is 0.926. The van der Waals surface area contributed by atoms with E-state index in [0.717, 1.165) is 9.09 Å². The van der Waals surface area contributed by atoms with Crippen LogP contribution in [0.3, 0.4) is 0 Å². The van der Waals surface area contributed by atoms with E-state index in [4.69, 9.17) is 11.6 Å². The highest BCUT2D eigenvalue weighted by Crippen LogP contribution is 2.20. The van der Waals surface area contributed by atoms with Gasteiger partial charge in [-0.05, 0) is 40.8 Å². The molecule has 0 aliphatic carbocycles. The summed E-state index contributed by atoms with van der Waals surface area (Å²) in [5, 5.41) is 1.60. The third-order valence-corrected chi connectivity index (χ3v) is 2.45. The number of hydrogen-bond donors (Lipinski definition) is 0. The number of aromatic nitrogens is 2. The quantitative estimate of drug-likeness (QED) is 0.551. The average molecular weight is 290 g/mol. The van der Waals surface area contributed by atoms with E-state index in [0.29, 0.717) is 10.7 Å². The maximum atomic E-state index is 5.93. The van der Waals surface area contributed by atoms with Gasteiger partial charge >= 0.3 is 0 Å². The molecule has 0 saturated carbocycles. The molecule has 0 fully saturated rings. The number of nitrogens with zero attached hydrogens (tertiary/aromatic N) is 2. The summed E-state index contributed by atoms with van der Waals surface area (Å²) in [5.74, 6) is 0. The summed E-state index contributed by atoms with van der Waals surface area (Å²) in [4.78, 5) is 8.33. The molecule has 0 aromatic carbocycles. The van der Waals surface area contributed by atoms with Crippen molar-refractivity contribution in [3.63, 3.8) is 0 Å². The van der Waals surface area contributed by atoms with E-state index in [1.54, 1.807) is 12.3 Å². The van der Waals surface area contributed by atoms with E-state index >= 15 is 0 Å². The van der Waals surface area contributed by atoms with Gasteiger partial charge in [0.1, 0.15) is 3.70 Å². The fraction of sp³-hybridized carbons (Fsp3) is 0. The molecule has 12 heavy (non-hydrogen) atoms. The Bertz CT molecular complexity index is 430. The number of halogens is 2. The fourth-order valence-electron chi connectivity index (χ4n) is 0.973. The second-order valence-corrected chi connectivity index (χ2v) is 3.81. The van der Waals surface area contributed by atoms with Crippen LogP contribution in [0.15, 0.2) is 24.4 Å². The zero-order valence-corrected chi connectivity index (χ0v) is 8.87. The highest BCUT2D eigenvalue weighted by Gasteiger charge is 1.99. The van der Waals surface area contributed by atoms with Crippen molar-refractivity contribution in [3.8, 4) is 0 Å². The Morgan fingerprint density at radius 2 is 2.08 bits per heavy atom. The van der Waals surface area contributed by atoms with E-state index in [2.05, 4.69) is 32.6 Å². The minimum atomic E-state index is 0.698. The van der Waals surface area contributed by atoms with Crippen molar-refractivity contribution in [1.29, 1.82) is 0 Å². The summed E-state index contributed by atoms with van der Waals surface area (Å²) in [6.07, 6.45) is 1.66. The average Bonchev–Trinajstić information content (AvgIpc) is 2.04. The van der Waals surface area contributed by atoms with Gasteiger partial charge in [0.05, 0.1) is 5.02 Å². The van der Waals surface area contributed by atoms with Crippen LogP contribution in [0.5, 0.6) is 0 Å². The number of pyridine rings is 2. The van der Waals surface area contributed by atoms with Gasteiger partial charge in [-0.3, -0.25) is 0 Å². The van der Waals surface area contributed by atoms with Gasteiger partial charge in [-0.25, -0.2) is 9.97 Å². The van der Waals surface area contributed by atoms with Crippen LogP contribution in [0.1, 0.15) is 0 Å². The maximum Gasteiger partial charge on any atom is 0.161 e. The molecular weight excluding hydrogens is 286 g/mol. The van der Waals surface area contributed by atoms with Gasteiger partial charge in [-0.1, -0.05) is 11.6 Å². The summed E-state index contributed by atoms with van der Waals surface area (Å²) in [5.41, 5.74) is 0.703. The predicted molar refractivity (Wildman–Crippen MR) is 57.3 cm³/mol. The van der Waals surface area contributed by atoms with Crippen LogP contribution in [0.4, 0.5) is 0 Å². The largest absolute Gasteiger partial charge is 0.237 e. The van der Waals surface area contributed by atoms with E-state index in [-0.39, 0.29) is 0 Å². The molecule has 0 bridgehead atoms. The SMILES string of the molecule is Clc1ccnc2nc(I)ccc12. The molecule has 0 spiro atoms. The van der Waals surface area contributed by atoms with Crippen molar-refractivity contribution in [2.45, 2.75) is 0 Å². The lowest BCUT2D eigenvalue weighted by Gasteiger charge is -1.97. The van der Waals surface area contributed by atoms with Crippen molar-refractivity contribution >= 4 is 45.2 Å². The second-order valence-electron chi connectivity index (χ2n) is 2.30. The number of fused-ring (bicyclic) bond motifs is 1. The molecule has 0 saturated heterocycles. The molecule has 0 unspecified atom stereocenters. The molecule has 0 radical (unpaired) electrons. The lowest BCUT2D eigenvalue weighted by Crippen LogP contribution is -1.85. The minimum absolute atomic E-state index is 0.698. The molecule has 0 atom stereocenters. The highest BCUT2D eigenvalue weighted by atomic mass is 127. The standard InChI is InChI=1S/C8H4ClIN2/c9-6-3-4-11-8-5(6)1-2-7(10)12-8/h1-4H. The second kappa shape index (κ2) is 3.14. The Morgan fingerprint density at radius 1 is 1.25 bits per heavy atom. The van der Waals surface area contributed by atoms with Gasteiger partial charge < -0.3 is 0 Å². The van der Waals surface area contributed by atoms with Crippen LogP contribution in [-0.2, 0) is 0 Å². The van der Waals surface area contributed by atoms with Crippen molar-refractivity contribution < 1.29 is 0 Å². The third-order valence-electron chi connectivity index (χ3n) is 1.52. The Balaban J connectivity index is 2.86. The van der Waals surface area contributed by atoms with Gasteiger partial charge in [0.25, 0.3) is 0 Å².